The molecule has 1 rings (SSSR count). The SMILES string of the molecule is CCc1ncnc(SC)n1. The maximum absolute atomic E-state index is 4.15. The molecule has 0 bridgehead atoms. The van der Waals surface area contributed by atoms with Crippen molar-refractivity contribution in [2.75, 3.05) is 6.26 Å². The Hall–Kier alpha value is -0.640. The predicted molar refractivity (Wildman–Crippen MR) is 41.0 cm³/mol. The second-order valence-corrected chi connectivity index (χ2v) is 2.52. The Morgan fingerprint density at radius 3 is 2.90 bits per heavy atom. The minimum absolute atomic E-state index is 0.798. The molecule has 0 unspecified atom stereocenters. The van der Waals surface area contributed by atoms with Crippen molar-refractivity contribution >= 4 is 11.8 Å². The van der Waals surface area contributed by atoms with Crippen LogP contribution in [0.4, 0.5) is 0 Å². The fourth-order valence-electron chi connectivity index (χ4n) is 0.582. The molecule has 0 saturated heterocycles. The van der Waals surface area contributed by atoms with Gasteiger partial charge in [-0.15, -0.1) is 0 Å². The van der Waals surface area contributed by atoms with Gasteiger partial charge in [-0.25, -0.2) is 15.0 Å². The van der Waals surface area contributed by atoms with Crippen molar-refractivity contribution < 1.29 is 0 Å². The van der Waals surface area contributed by atoms with E-state index in [0.717, 1.165) is 17.4 Å². The molecule has 0 radical (unpaired) electrons. The van der Waals surface area contributed by atoms with E-state index in [0.29, 0.717) is 0 Å². The van der Waals surface area contributed by atoms with Gasteiger partial charge in [-0.3, -0.25) is 0 Å². The highest BCUT2D eigenvalue weighted by molar-refractivity contribution is 7.98. The van der Waals surface area contributed by atoms with E-state index in [9.17, 15) is 0 Å². The lowest BCUT2D eigenvalue weighted by molar-refractivity contribution is 0.815. The Kier molecular flexibility index (Phi) is 2.62. The van der Waals surface area contributed by atoms with E-state index < -0.39 is 0 Å². The second kappa shape index (κ2) is 3.51. The van der Waals surface area contributed by atoms with E-state index in [1.54, 1.807) is 6.33 Å². The van der Waals surface area contributed by atoms with E-state index in [4.69, 9.17) is 0 Å². The first kappa shape index (κ1) is 7.47. The summed E-state index contributed by atoms with van der Waals surface area (Å²) >= 11 is 1.54. The molecule has 10 heavy (non-hydrogen) atoms. The zero-order chi connectivity index (χ0) is 7.40. The van der Waals surface area contributed by atoms with Gasteiger partial charge in [0, 0.05) is 6.42 Å². The molecule has 0 spiro atoms. The molecule has 0 aliphatic heterocycles. The number of aromatic nitrogens is 3. The number of hydrogen-bond donors (Lipinski definition) is 0. The third-order valence-corrected chi connectivity index (χ3v) is 1.66. The molecule has 0 aromatic carbocycles. The topological polar surface area (TPSA) is 38.7 Å². The van der Waals surface area contributed by atoms with Gasteiger partial charge in [-0.05, 0) is 6.26 Å². The minimum atomic E-state index is 0.798. The molecule has 0 saturated carbocycles. The molecule has 0 fully saturated rings. The van der Waals surface area contributed by atoms with Crippen LogP contribution in [0, 0.1) is 0 Å². The van der Waals surface area contributed by atoms with Crippen LogP contribution >= 0.6 is 11.8 Å². The van der Waals surface area contributed by atoms with E-state index in [2.05, 4.69) is 15.0 Å². The molecule has 0 N–H and O–H groups in total. The smallest absolute Gasteiger partial charge is 0.190 e. The van der Waals surface area contributed by atoms with Gasteiger partial charge in [0.15, 0.2) is 5.16 Å². The Morgan fingerprint density at radius 2 is 2.30 bits per heavy atom. The quantitative estimate of drug-likeness (QED) is 0.601. The Labute approximate surface area is 64.3 Å². The van der Waals surface area contributed by atoms with Crippen molar-refractivity contribution in [2.24, 2.45) is 0 Å². The van der Waals surface area contributed by atoms with E-state index in [1.807, 2.05) is 13.2 Å². The van der Waals surface area contributed by atoms with E-state index in [1.165, 1.54) is 11.8 Å². The summed E-state index contributed by atoms with van der Waals surface area (Å²) in [7, 11) is 0. The summed E-state index contributed by atoms with van der Waals surface area (Å²) in [6.45, 7) is 2.03. The first-order valence-electron chi connectivity index (χ1n) is 3.08. The van der Waals surface area contributed by atoms with Crippen LogP contribution in [0.5, 0.6) is 0 Å². The highest BCUT2D eigenvalue weighted by Crippen LogP contribution is 2.05. The van der Waals surface area contributed by atoms with Crippen molar-refractivity contribution in [2.45, 2.75) is 18.5 Å². The monoisotopic (exact) mass is 155 g/mol. The van der Waals surface area contributed by atoms with Crippen LogP contribution < -0.4 is 0 Å². The number of thioether (sulfide) groups is 1. The summed E-state index contributed by atoms with van der Waals surface area (Å²) < 4.78 is 0. The molecule has 0 amide bonds. The molecule has 1 aromatic heterocycles. The summed E-state index contributed by atoms with van der Waals surface area (Å²) in [6.07, 6.45) is 4.38. The van der Waals surface area contributed by atoms with Crippen LogP contribution in [-0.4, -0.2) is 21.2 Å². The maximum Gasteiger partial charge on any atom is 0.190 e. The molecule has 4 heteroatoms. The number of rotatable bonds is 2. The van der Waals surface area contributed by atoms with Crippen LogP contribution in [-0.2, 0) is 6.42 Å². The molecule has 3 nitrogen and oxygen atoms in total. The van der Waals surface area contributed by atoms with Gasteiger partial charge >= 0.3 is 0 Å². The molecule has 1 heterocycles. The largest absolute Gasteiger partial charge is 0.221 e. The van der Waals surface area contributed by atoms with Gasteiger partial charge in [0.25, 0.3) is 0 Å². The lowest BCUT2D eigenvalue weighted by Gasteiger charge is -1.94. The molecule has 0 aliphatic rings. The van der Waals surface area contributed by atoms with Gasteiger partial charge in [0.1, 0.15) is 12.2 Å². The fraction of sp³-hybridized carbons (Fsp3) is 0.500. The van der Waals surface area contributed by atoms with Crippen LogP contribution in [0.1, 0.15) is 12.7 Å². The highest BCUT2D eigenvalue weighted by atomic mass is 32.2. The molecule has 0 atom stereocenters. The summed E-state index contributed by atoms with van der Waals surface area (Å²) in [5.74, 6) is 0.861. The fourth-order valence-corrected chi connectivity index (χ4v) is 0.931. The molecule has 1 aromatic rings. The minimum Gasteiger partial charge on any atom is -0.221 e. The van der Waals surface area contributed by atoms with Crippen LogP contribution in [0.15, 0.2) is 11.5 Å². The van der Waals surface area contributed by atoms with Crippen LogP contribution in [0.2, 0.25) is 0 Å². The summed E-state index contributed by atoms with van der Waals surface area (Å²) in [6, 6.07) is 0. The summed E-state index contributed by atoms with van der Waals surface area (Å²) in [5.41, 5.74) is 0. The third-order valence-electron chi connectivity index (χ3n) is 1.10. The number of hydrogen-bond acceptors (Lipinski definition) is 4. The average Bonchev–Trinajstić information content (AvgIpc) is 2.05. The van der Waals surface area contributed by atoms with E-state index in [-0.39, 0.29) is 0 Å². The molecule has 0 aliphatic carbocycles. The first-order chi connectivity index (χ1) is 4.86. The predicted octanol–water partition coefficient (Wildman–Crippen LogP) is 1.16. The number of aryl methyl sites for hydroxylation is 1. The average molecular weight is 155 g/mol. The van der Waals surface area contributed by atoms with Gasteiger partial charge in [0.05, 0.1) is 0 Å². The first-order valence-corrected chi connectivity index (χ1v) is 4.31. The van der Waals surface area contributed by atoms with Crippen molar-refractivity contribution in [3.8, 4) is 0 Å². The van der Waals surface area contributed by atoms with Crippen molar-refractivity contribution in [1.29, 1.82) is 0 Å². The van der Waals surface area contributed by atoms with Gasteiger partial charge in [-0.2, -0.15) is 0 Å². The molecule has 54 valence electrons. The molecular formula is C6H9N3S. The highest BCUT2D eigenvalue weighted by Gasteiger charge is 1.94. The second-order valence-electron chi connectivity index (χ2n) is 1.74. The van der Waals surface area contributed by atoms with Gasteiger partial charge in [0.2, 0.25) is 0 Å². The van der Waals surface area contributed by atoms with Gasteiger partial charge in [-0.1, -0.05) is 18.7 Å². The van der Waals surface area contributed by atoms with Gasteiger partial charge < -0.3 is 0 Å². The van der Waals surface area contributed by atoms with Crippen LogP contribution in [0.25, 0.3) is 0 Å². The Balaban J connectivity index is 2.87. The number of nitrogens with zero attached hydrogens (tertiary/aromatic N) is 3. The summed E-state index contributed by atoms with van der Waals surface area (Å²) in [4.78, 5) is 12.1. The normalized spacial score (nSPS) is 9.80. The molecular weight excluding hydrogens is 146 g/mol. The van der Waals surface area contributed by atoms with Crippen molar-refractivity contribution in [3.05, 3.63) is 12.2 Å². The zero-order valence-corrected chi connectivity index (χ0v) is 6.85. The maximum atomic E-state index is 4.15. The third kappa shape index (κ3) is 1.67. The van der Waals surface area contributed by atoms with Crippen molar-refractivity contribution in [3.63, 3.8) is 0 Å². The Morgan fingerprint density at radius 1 is 1.50 bits per heavy atom. The van der Waals surface area contributed by atoms with E-state index >= 15 is 0 Å². The summed E-state index contributed by atoms with van der Waals surface area (Å²) in [5, 5.41) is 0.798. The van der Waals surface area contributed by atoms with Crippen LogP contribution in [0.3, 0.4) is 0 Å². The van der Waals surface area contributed by atoms with Crippen molar-refractivity contribution in [1.82, 2.24) is 15.0 Å². The Bertz CT molecular complexity index is 195. The lowest BCUT2D eigenvalue weighted by atomic mass is 10.5. The lowest BCUT2D eigenvalue weighted by Crippen LogP contribution is -1.95. The zero-order valence-electron chi connectivity index (χ0n) is 6.03. The standard InChI is InChI=1S/C6H9N3S/c1-3-5-7-4-8-6(9-5)10-2/h4H,3H2,1-2H3.